The zero-order chi connectivity index (χ0) is 24.5. The lowest BCUT2D eigenvalue weighted by molar-refractivity contribution is 0.0697. The molecule has 0 spiro atoms. The number of carbonyl (C=O) groups is 1. The average Bonchev–Trinajstić information content (AvgIpc) is 3.25. The summed E-state index contributed by atoms with van der Waals surface area (Å²) in [5, 5.41) is 13.4. The summed E-state index contributed by atoms with van der Waals surface area (Å²) in [4.78, 5) is 22.9. The molecule has 1 aromatic carbocycles. The fourth-order valence-electron chi connectivity index (χ4n) is 5.30. The average molecular weight is 470 g/mol. The molecule has 3 aromatic heterocycles. The Hall–Kier alpha value is -3.71. The second-order valence-electron chi connectivity index (χ2n) is 9.32. The largest absolute Gasteiger partial charge is 0.478 e. The van der Waals surface area contributed by atoms with E-state index in [0.29, 0.717) is 11.5 Å². The van der Waals surface area contributed by atoms with E-state index < -0.39 is 5.97 Å². The number of aromatic nitrogens is 3. The number of pyridine rings is 2. The molecule has 2 N–H and O–H groups in total. The van der Waals surface area contributed by atoms with E-state index in [9.17, 15) is 4.79 Å². The Morgan fingerprint density at radius 1 is 1.09 bits per heavy atom. The highest BCUT2D eigenvalue weighted by molar-refractivity contribution is 5.94. The van der Waals surface area contributed by atoms with Crippen molar-refractivity contribution in [3.8, 4) is 11.1 Å². The molecule has 4 aromatic rings. The number of nitrogens with zero attached hydrogens (tertiary/aromatic N) is 4. The van der Waals surface area contributed by atoms with E-state index in [1.807, 2.05) is 37.6 Å². The first-order valence-corrected chi connectivity index (χ1v) is 12.1. The lowest BCUT2D eigenvalue weighted by atomic mass is 9.88. The molecule has 0 amide bonds. The third kappa shape index (κ3) is 4.39. The molecule has 0 bridgehead atoms. The fourth-order valence-corrected chi connectivity index (χ4v) is 5.30. The van der Waals surface area contributed by atoms with E-state index in [1.165, 1.54) is 11.3 Å². The molecule has 1 fully saturated rings. The number of rotatable bonds is 6. The molecule has 0 radical (unpaired) electrons. The van der Waals surface area contributed by atoms with Crippen LogP contribution in [0.5, 0.6) is 0 Å². The first kappa shape index (κ1) is 23.1. The maximum atomic E-state index is 11.1. The van der Waals surface area contributed by atoms with Gasteiger partial charge in [-0.05, 0) is 86.3 Å². The first-order chi connectivity index (χ1) is 17.0. The van der Waals surface area contributed by atoms with Gasteiger partial charge in [-0.3, -0.25) is 4.90 Å². The summed E-state index contributed by atoms with van der Waals surface area (Å²) in [7, 11) is 3.97. The molecule has 7 nitrogen and oxygen atoms in total. The van der Waals surface area contributed by atoms with Crippen LogP contribution in [0.15, 0.2) is 60.9 Å². The number of carboxylic acid groups (broad SMARTS) is 1. The van der Waals surface area contributed by atoms with Crippen molar-refractivity contribution in [2.24, 2.45) is 7.05 Å². The van der Waals surface area contributed by atoms with Gasteiger partial charge in [0, 0.05) is 49.2 Å². The Morgan fingerprint density at radius 3 is 2.46 bits per heavy atom. The lowest BCUT2D eigenvalue weighted by Gasteiger charge is -2.36. The van der Waals surface area contributed by atoms with Gasteiger partial charge in [0.1, 0.15) is 11.5 Å². The molecule has 180 valence electrons. The Morgan fingerprint density at radius 2 is 1.83 bits per heavy atom. The number of hydrogen-bond donors (Lipinski definition) is 2. The molecule has 1 saturated heterocycles. The van der Waals surface area contributed by atoms with Gasteiger partial charge in [-0.2, -0.15) is 0 Å². The third-order valence-electron chi connectivity index (χ3n) is 7.43. The van der Waals surface area contributed by atoms with E-state index in [1.54, 1.807) is 12.1 Å². The number of nitrogens with one attached hydrogen (secondary N) is 1. The lowest BCUT2D eigenvalue weighted by Crippen LogP contribution is -2.35. The Balaban J connectivity index is 1.35. The molecule has 0 saturated carbocycles. The van der Waals surface area contributed by atoms with Gasteiger partial charge in [0.15, 0.2) is 0 Å². The predicted octanol–water partition coefficient (Wildman–Crippen LogP) is 5.32. The number of anilines is 1. The van der Waals surface area contributed by atoms with Crippen molar-refractivity contribution in [2.45, 2.75) is 31.7 Å². The SMILES string of the molecule is CNc1ccc(-c2ccnc3c2cc([C@H](C)N2CCC(c4ccc(C(=O)O)cc4)CC2)n3C)cn1. The van der Waals surface area contributed by atoms with Crippen LogP contribution < -0.4 is 5.32 Å². The molecule has 35 heavy (non-hydrogen) atoms. The van der Waals surface area contributed by atoms with Crippen molar-refractivity contribution in [3.63, 3.8) is 0 Å². The standard InChI is InChI=1S/C28H31N5O2/c1-18(33-14-11-20(12-15-33)19-4-6-21(7-5-19)28(34)35)25-16-24-23(10-13-30-27(24)32(25)3)22-8-9-26(29-2)31-17-22/h4-10,13,16-18,20H,11-12,14-15H2,1-3H3,(H,29,31)(H,34,35)/t18-/m0/s1. The topological polar surface area (TPSA) is 83.3 Å². The van der Waals surface area contributed by atoms with Gasteiger partial charge >= 0.3 is 5.97 Å². The van der Waals surface area contributed by atoms with Gasteiger partial charge in [0.05, 0.1) is 5.56 Å². The molecule has 1 aliphatic rings. The smallest absolute Gasteiger partial charge is 0.335 e. The molecule has 7 heteroatoms. The van der Waals surface area contributed by atoms with Gasteiger partial charge in [-0.15, -0.1) is 0 Å². The number of carboxylic acids is 1. The van der Waals surface area contributed by atoms with Crippen molar-refractivity contribution in [3.05, 3.63) is 77.7 Å². The van der Waals surface area contributed by atoms with Crippen LogP contribution >= 0.6 is 0 Å². The van der Waals surface area contributed by atoms with E-state index >= 15 is 0 Å². The summed E-state index contributed by atoms with van der Waals surface area (Å²) < 4.78 is 2.22. The summed E-state index contributed by atoms with van der Waals surface area (Å²) >= 11 is 0. The van der Waals surface area contributed by atoms with Crippen LogP contribution in [0.1, 0.15) is 53.3 Å². The van der Waals surface area contributed by atoms with Gasteiger partial charge < -0.3 is 15.0 Å². The normalized spacial score (nSPS) is 15.9. The van der Waals surface area contributed by atoms with E-state index in [0.717, 1.165) is 53.9 Å². The van der Waals surface area contributed by atoms with Gasteiger partial charge in [-0.25, -0.2) is 14.8 Å². The Bertz CT molecular complexity index is 1340. The van der Waals surface area contributed by atoms with Crippen molar-refractivity contribution < 1.29 is 9.90 Å². The summed E-state index contributed by atoms with van der Waals surface area (Å²) in [5.41, 5.74) is 6.04. The number of aryl methyl sites for hydroxylation is 1. The predicted molar refractivity (Wildman–Crippen MR) is 139 cm³/mol. The van der Waals surface area contributed by atoms with Crippen LogP contribution in [0, 0.1) is 0 Å². The minimum atomic E-state index is -0.876. The number of fused-ring (bicyclic) bond motifs is 1. The molecular weight excluding hydrogens is 438 g/mol. The first-order valence-electron chi connectivity index (χ1n) is 12.1. The Kier molecular flexibility index (Phi) is 6.26. The van der Waals surface area contributed by atoms with Gasteiger partial charge in [0.25, 0.3) is 0 Å². The maximum Gasteiger partial charge on any atom is 0.335 e. The minimum absolute atomic E-state index is 0.266. The quantitative estimate of drug-likeness (QED) is 0.398. The minimum Gasteiger partial charge on any atom is -0.478 e. The summed E-state index contributed by atoms with van der Waals surface area (Å²) in [6.45, 7) is 4.28. The monoisotopic (exact) mass is 469 g/mol. The summed E-state index contributed by atoms with van der Waals surface area (Å²) in [6.07, 6.45) is 5.91. The van der Waals surface area contributed by atoms with E-state index in [4.69, 9.17) is 5.11 Å². The van der Waals surface area contributed by atoms with Gasteiger partial charge in [0.2, 0.25) is 0 Å². The van der Waals surface area contributed by atoms with Crippen LogP contribution in [0.3, 0.4) is 0 Å². The maximum absolute atomic E-state index is 11.1. The Labute approximate surface area is 205 Å². The van der Waals surface area contributed by atoms with Crippen LogP contribution in [0.25, 0.3) is 22.2 Å². The third-order valence-corrected chi connectivity index (χ3v) is 7.43. The van der Waals surface area contributed by atoms with Crippen LogP contribution in [-0.2, 0) is 7.05 Å². The number of likely N-dealkylation sites (tertiary alicyclic amines) is 1. The molecule has 4 heterocycles. The van der Waals surface area contributed by atoms with E-state index in [-0.39, 0.29) is 6.04 Å². The zero-order valence-electron chi connectivity index (χ0n) is 20.4. The van der Waals surface area contributed by atoms with Crippen molar-refractivity contribution in [1.29, 1.82) is 0 Å². The molecule has 1 aliphatic heterocycles. The summed E-state index contributed by atoms with van der Waals surface area (Å²) in [5.74, 6) is 0.442. The molecule has 5 rings (SSSR count). The fraction of sp³-hybridized carbons (Fsp3) is 0.321. The molecule has 0 unspecified atom stereocenters. The molecule has 1 atom stereocenters. The second-order valence-corrected chi connectivity index (χ2v) is 9.32. The number of piperidine rings is 1. The highest BCUT2D eigenvalue weighted by Crippen LogP contribution is 2.36. The van der Waals surface area contributed by atoms with Crippen LogP contribution in [0.4, 0.5) is 5.82 Å². The zero-order valence-corrected chi connectivity index (χ0v) is 20.4. The number of hydrogen-bond acceptors (Lipinski definition) is 5. The highest BCUT2D eigenvalue weighted by atomic mass is 16.4. The second kappa shape index (κ2) is 9.50. The van der Waals surface area contributed by atoms with Crippen LogP contribution in [-0.4, -0.2) is 50.6 Å². The molecule has 0 aliphatic carbocycles. The van der Waals surface area contributed by atoms with Gasteiger partial charge in [-0.1, -0.05) is 12.1 Å². The summed E-state index contributed by atoms with van der Waals surface area (Å²) in [6, 6.07) is 16.1. The molecular formula is C28H31N5O2. The van der Waals surface area contributed by atoms with E-state index in [2.05, 4.69) is 56.9 Å². The van der Waals surface area contributed by atoms with Crippen LogP contribution in [0.2, 0.25) is 0 Å². The number of aromatic carboxylic acids is 1. The van der Waals surface area contributed by atoms with Crippen molar-refractivity contribution in [1.82, 2.24) is 19.4 Å². The number of benzene rings is 1. The van der Waals surface area contributed by atoms with Crippen molar-refractivity contribution >= 4 is 22.8 Å². The highest BCUT2D eigenvalue weighted by Gasteiger charge is 2.27. The van der Waals surface area contributed by atoms with Crippen molar-refractivity contribution in [2.75, 3.05) is 25.5 Å².